The van der Waals surface area contributed by atoms with Crippen molar-refractivity contribution in [2.75, 3.05) is 33.4 Å². The first-order valence-electron chi connectivity index (χ1n) is 8.82. The standard InChI is InChI=1S/C21H24FNO3/c1-15-7-8-16(12-20(15)22)11-17-5-3-4-6-19(17)21(24)23(2)13-18-14-25-9-10-26-18/h3-8,12,18H,9-11,13-14H2,1-2H3/t18-/m1/s1. The van der Waals surface area contributed by atoms with Crippen LogP contribution in [0.4, 0.5) is 4.39 Å². The Morgan fingerprint density at radius 1 is 1.23 bits per heavy atom. The summed E-state index contributed by atoms with van der Waals surface area (Å²) in [7, 11) is 1.77. The second-order valence-electron chi connectivity index (χ2n) is 6.67. The van der Waals surface area contributed by atoms with Crippen LogP contribution in [-0.2, 0) is 15.9 Å². The molecule has 0 spiro atoms. The summed E-state index contributed by atoms with van der Waals surface area (Å²) < 4.78 is 24.8. The van der Waals surface area contributed by atoms with Gasteiger partial charge in [0, 0.05) is 19.2 Å². The number of hydrogen-bond acceptors (Lipinski definition) is 3. The highest BCUT2D eigenvalue weighted by atomic mass is 19.1. The highest BCUT2D eigenvalue weighted by molar-refractivity contribution is 5.95. The summed E-state index contributed by atoms with van der Waals surface area (Å²) >= 11 is 0. The van der Waals surface area contributed by atoms with Crippen molar-refractivity contribution in [2.24, 2.45) is 0 Å². The molecule has 5 heteroatoms. The number of rotatable bonds is 5. The number of nitrogens with zero attached hydrogens (tertiary/aromatic N) is 1. The quantitative estimate of drug-likeness (QED) is 0.825. The number of aryl methyl sites for hydroxylation is 1. The molecule has 1 amide bonds. The van der Waals surface area contributed by atoms with Crippen molar-refractivity contribution in [3.05, 3.63) is 70.5 Å². The fourth-order valence-corrected chi connectivity index (χ4v) is 3.09. The lowest BCUT2D eigenvalue weighted by atomic mass is 9.98. The predicted molar refractivity (Wildman–Crippen MR) is 97.9 cm³/mol. The van der Waals surface area contributed by atoms with Crippen molar-refractivity contribution in [2.45, 2.75) is 19.4 Å². The van der Waals surface area contributed by atoms with Crippen LogP contribution in [0.15, 0.2) is 42.5 Å². The molecule has 4 nitrogen and oxygen atoms in total. The van der Waals surface area contributed by atoms with Gasteiger partial charge in [0.05, 0.1) is 25.9 Å². The van der Waals surface area contributed by atoms with Gasteiger partial charge in [-0.15, -0.1) is 0 Å². The molecule has 1 heterocycles. The molecule has 26 heavy (non-hydrogen) atoms. The summed E-state index contributed by atoms with van der Waals surface area (Å²) in [5.74, 6) is -0.291. The number of carbonyl (C=O) groups excluding carboxylic acids is 1. The zero-order valence-electron chi connectivity index (χ0n) is 15.2. The molecule has 1 aliphatic heterocycles. The van der Waals surface area contributed by atoms with Gasteiger partial charge in [0.2, 0.25) is 0 Å². The Morgan fingerprint density at radius 2 is 2.04 bits per heavy atom. The maximum Gasteiger partial charge on any atom is 0.253 e. The minimum atomic E-state index is -0.224. The van der Waals surface area contributed by atoms with Crippen LogP contribution in [0.1, 0.15) is 27.0 Å². The summed E-state index contributed by atoms with van der Waals surface area (Å²) in [6.45, 7) is 3.88. The first kappa shape index (κ1) is 18.5. The maximum absolute atomic E-state index is 13.8. The zero-order chi connectivity index (χ0) is 18.5. The molecule has 0 unspecified atom stereocenters. The number of amides is 1. The largest absolute Gasteiger partial charge is 0.376 e. The molecular formula is C21H24FNO3. The lowest BCUT2D eigenvalue weighted by Crippen LogP contribution is -2.41. The van der Waals surface area contributed by atoms with E-state index in [1.165, 1.54) is 6.07 Å². The molecule has 2 aromatic carbocycles. The van der Waals surface area contributed by atoms with Gasteiger partial charge in [0.15, 0.2) is 0 Å². The Morgan fingerprint density at radius 3 is 2.77 bits per heavy atom. The lowest BCUT2D eigenvalue weighted by Gasteiger charge is -2.28. The first-order chi connectivity index (χ1) is 12.5. The van der Waals surface area contributed by atoms with Crippen molar-refractivity contribution in [1.29, 1.82) is 0 Å². The van der Waals surface area contributed by atoms with E-state index in [1.807, 2.05) is 30.3 Å². The SMILES string of the molecule is Cc1ccc(Cc2ccccc2C(=O)N(C)C[C@@H]2COCCO2)cc1F. The van der Waals surface area contributed by atoms with Crippen LogP contribution in [0.5, 0.6) is 0 Å². The van der Waals surface area contributed by atoms with Gasteiger partial charge < -0.3 is 14.4 Å². The van der Waals surface area contributed by atoms with Gasteiger partial charge in [-0.2, -0.15) is 0 Å². The zero-order valence-corrected chi connectivity index (χ0v) is 15.2. The molecule has 3 rings (SSSR count). The normalized spacial score (nSPS) is 17.1. The number of ether oxygens (including phenoxy) is 2. The summed E-state index contributed by atoms with van der Waals surface area (Å²) in [5, 5.41) is 0. The van der Waals surface area contributed by atoms with Crippen LogP contribution in [0.3, 0.4) is 0 Å². The molecule has 138 valence electrons. The fraction of sp³-hybridized carbons (Fsp3) is 0.381. The average molecular weight is 357 g/mol. The van der Waals surface area contributed by atoms with Crippen LogP contribution >= 0.6 is 0 Å². The van der Waals surface area contributed by atoms with Crippen LogP contribution in [0.2, 0.25) is 0 Å². The molecule has 1 saturated heterocycles. The van der Waals surface area contributed by atoms with E-state index in [4.69, 9.17) is 9.47 Å². The number of hydrogen-bond donors (Lipinski definition) is 0. The first-order valence-corrected chi connectivity index (χ1v) is 8.82. The highest BCUT2D eigenvalue weighted by Crippen LogP contribution is 2.18. The Bertz CT molecular complexity index is 772. The molecule has 1 aliphatic rings. The Labute approximate surface area is 153 Å². The summed E-state index contributed by atoms with van der Waals surface area (Å²) in [4.78, 5) is 14.6. The Balaban J connectivity index is 1.74. The van der Waals surface area contributed by atoms with Crippen molar-refractivity contribution >= 4 is 5.91 Å². The lowest BCUT2D eigenvalue weighted by molar-refractivity contribution is -0.0933. The minimum Gasteiger partial charge on any atom is -0.376 e. The maximum atomic E-state index is 13.8. The topological polar surface area (TPSA) is 38.8 Å². The minimum absolute atomic E-state index is 0.0673. The van der Waals surface area contributed by atoms with E-state index in [2.05, 4.69) is 0 Å². The van der Waals surface area contributed by atoms with E-state index >= 15 is 0 Å². The van der Waals surface area contributed by atoms with Gasteiger partial charge in [0.1, 0.15) is 5.82 Å². The van der Waals surface area contributed by atoms with Gasteiger partial charge >= 0.3 is 0 Å². The molecule has 0 aromatic heterocycles. The summed E-state index contributed by atoms with van der Waals surface area (Å²) in [5.41, 5.74) is 2.98. The smallest absolute Gasteiger partial charge is 0.253 e. The average Bonchev–Trinajstić information content (AvgIpc) is 2.65. The van der Waals surface area contributed by atoms with E-state index in [0.29, 0.717) is 43.9 Å². The molecule has 2 aromatic rings. The van der Waals surface area contributed by atoms with Gasteiger partial charge in [0.25, 0.3) is 5.91 Å². The number of halogens is 1. The van der Waals surface area contributed by atoms with E-state index in [0.717, 1.165) is 11.1 Å². The van der Waals surface area contributed by atoms with Gasteiger partial charge in [-0.3, -0.25) is 4.79 Å². The monoisotopic (exact) mass is 357 g/mol. The van der Waals surface area contributed by atoms with E-state index in [1.54, 1.807) is 24.9 Å². The van der Waals surface area contributed by atoms with Crippen LogP contribution < -0.4 is 0 Å². The fourth-order valence-electron chi connectivity index (χ4n) is 3.09. The summed E-state index contributed by atoms with van der Waals surface area (Å²) in [6, 6.07) is 12.7. The second kappa shape index (κ2) is 8.43. The Hall–Kier alpha value is -2.24. The predicted octanol–water partition coefficient (Wildman–Crippen LogP) is 3.21. The number of carbonyl (C=O) groups is 1. The molecule has 0 aliphatic carbocycles. The Kier molecular flexibility index (Phi) is 6.01. The van der Waals surface area contributed by atoms with Crippen molar-refractivity contribution in [1.82, 2.24) is 4.90 Å². The van der Waals surface area contributed by atoms with E-state index < -0.39 is 0 Å². The summed E-state index contributed by atoms with van der Waals surface area (Å²) in [6.07, 6.45) is 0.409. The van der Waals surface area contributed by atoms with E-state index in [9.17, 15) is 9.18 Å². The second-order valence-corrected chi connectivity index (χ2v) is 6.67. The third-order valence-electron chi connectivity index (χ3n) is 4.59. The molecule has 0 N–H and O–H groups in total. The van der Waals surface area contributed by atoms with Gasteiger partial charge in [-0.25, -0.2) is 4.39 Å². The van der Waals surface area contributed by atoms with Crippen LogP contribution in [0, 0.1) is 12.7 Å². The molecule has 0 radical (unpaired) electrons. The third kappa shape index (κ3) is 4.48. The molecule has 0 bridgehead atoms. The van der Waals surface area contributed by atoms with Crippen LogP contribution in [-0.4, -0.2) is 50.3 Å². The molecular weight excluding hydrogens is 333 g/mol. The third-order valence-corrected chi connectivity index (χ3v) is 4.59. The van der Waals surface area contributed by atoms with Crippen molar-refractivity contribution in [3.8, 4) is 0 Å². The van der Waals surface area contributed by atoms with Crippen LogP contribution in [0.25, 0.3) is 0 Å². The van der Waals surface area contributed by atoms with Crippen molar-refractivity contribution < 1.29 is 18.7 Å². The highest BCUT2D eigenvalue weighted by Gasteiger charge is 2.21. The van der Waals surface area contributed by atoms with Gasteiger partial charge in [-0.05, 0) is 42.2 Å². The van der Waals surface area contributed by atoms with Gasteiger partial charge in [-0.1, -0.05) is 30.3 Å². The number of likely N-dealkylation sites (N-methyl/N-ethyl adjacent to an activating group) is 1. The molecule has 1 atom stereocenters. The molecule has 0 saturated carbocycles. The van der Waals surface area contributed by atoms with Crippen molar-refractivity contribution in [3.63, 3.8) is 0 Å². The van der Waals surface area contributed by atoms with E-state index in [-0.39, 0.29) is 17.8 Å². The molecule has 1 fully saturated rings. The number of benzene rings is 2.